The van der Waals surface area contributed by atoms with Gasteiger partial charge in [0.25, 0.3) is 22.7 Å². The first-order valence-electron chi connectivity index (χ1n) is 13.7. The van der Waals surface area contributed by atoms with Crippen molar-refractivity contribution in [2.75, 3.05) is 0 Å². The highest BCUT2D eigenvalue weighted by molar-refractivity contribution is 5.92. The Balaban J connectivity index is 1.65. The molecule has 0 bridgehead atoms. The summed E-state index contributed by atoms with van der Waals surface area (Å²) in [6.07, 6.45) is 0. The Kier molecular flexibility index (Phi) is 11.3. The molecule has 0 saturated carbocycles. The van der Waals surface area contributed by atoms with E-state index in [1.807, 2.05) is 0 Å². The summed E-state index contributed by atoms with van der Waals surface area (Å²) in [6, 6.07) is 15.3. The number of benzene rings is 4. The number of ether oxygens (including phenoxy) is 5. The SMILES string of the molecule is O=C(OC(OC(=O)c1ccc([N+](=O)[O-])cc1)OC(OC(=O)c1ccc([N+](=O)[O-])cc1)OC(=O)c1ccc([N+](=O)[O-])cc1)c1ccc([N+](=O)[O-])cc1. The van der Waals surface area contributed by atoms with Crippen LogP contribution in [-0.2, 0) is 23.7 Å². The second-order valence-corrected chi connectivity index (χ2v) is 9.55. The van der Waals surface area contributed by atoms with Crippen LogP contribution in [0.1, 0.15) is 41.4 Å². The number of hydrogen-bond donors (Lipinski definition) is 0. The first kappa shape index (κ1) is 36.2. The number of esters is 4. The van der Waals surface area contributed by atoms with Gasteiger partial charge in [0.15, 0.2) is 0 Å². The molecule has 0 fully saturated rings. The van der Waals surface area contributed by atoms with Gasteiger partial charge < -0.3 is 18.9 Å². The quantitative estimate of drug-likeness (QED) is 0.0747. The molecular weight excluding hydrogens is 688 g/mol. The molecule has 0 saturated heterocycles. The van der Waals surface area contributed by atoms with E-state index in [0.717, 1.165) is 97.1 Å². The first-order chi connectivity index (χ1) is 24.2. The number of nitrogens with zero attached hydrogens (tertiary/aromatic N) is 4. The lowest BCUT2D eigenvalue weighted by Crippen LogP contribution is -2.36. The van der Waals surface area contributed by atoms with Gasteiger partial charge in [0.2, 0.25) is 0 Å². The van der Waals surface area contributed by atoms with Gasteiger partial charge in [0.05, 0.1) is 41.9 Å². The van der Waals surface area contributed by atoms with E-state index in [-0.39, 0.29) is 22.3 Å². The maximum absolute atomic E-state index is 13.0. The molecule has 0 aliphatic heterocycles. The van der Waals surface area contributed by atoms with Crippen molar-refractivity contribution in [1.82, 2.24) is 0 Å². The van der Waals surface area contributed by atoms with Crippen LogP contribution < -0.4 is 0 Å². The molecule has 4 aromatic carbocycles. The average Bonchev–Trinajstić information content (AvgIpc) is 3.11. The predicted molar refractivity (Wildman–Crippen MR) is 163 cm³/mol. The summed E-state index contributed by atoms with van der Waals surface area (Å²) < 4.78 is 25.5. The lowest BCUT2D eigenvalue weighted by atomic mass is 10.2. The fraction of sp³-hybridized carbons (Fsp3) is 0.0667. The number of non-ortho nitro benzene ring substituents is 4. The highest BCUT2D eigenvalue weighted by Gasteiger charge is 2.32. The summed E-state index contributed by atoms with van der Waals surface area (Å²) in [4.78, 5) is 92.8. The van der Waals surface area contributed by atoms with Crippen LogP contribution in [0.15, 0.2) is 97.1 Å². The lowest BCUT2D eigenvalue weighted by molar-refractivity contribution is -0.385. The van der Waals surface area contributed by atoms with Crippen LogP contribution in [0.5, 0.6) is 0 Å². The highest BCUT2D eigenvalue weighted by atomic mass is 17.0. The van der Waals surface area contributed by atoms with Crippen molar-refractivity contribution in [1.29, 1.82) is 0 Å². The minimum Gasteiger partial charge on any atom is -0.396 e. The van der Waals surface area contributed by atoms with Crippen molar-refractivity contribution in [2.24, 2.45) is 0 Å². The molecule has 0 aliphatic rings. The largest absolute Gasteiger partial charge is 0.396 e. The van der Waals surface area contributed by atoms with Crippen molar-refractivity contribution in [3.05, 3.63) is 160 Å². The molecule has 4 rings (SSSR count). The Labute approximate surface area is 282 Å². The van der Waals surface area contributed by atoms with Gasteiger partial charge in [-0.25, -0.2) is 23.9 Å². The molecule has 0 amide bonds. The topological polar surface area (TPSA) is 287 Å². The summed E-state index contributed by atoms with van der Waals surface area (Å²) in [5.74, 6) is -5.36. The summed E-state index contributed by atoms with van der Waals surface area (Å²) in [5, 5.41) is 44.0. The van der Waals surface area contributed by atoms with Crippen molar-refractivity contribution in [2.45, 2.75) is 13.0 Å². The summed E-state index contributed by atoms with van der Waals surface area (Å²) in [7, 11) is 0. The second-order valence-electron chi connectivity index (χ2n) is 9.55. The molecule has 0 heterocycles. The molecule has 0 radical (unpaired) electrons. The fourth-order valence-electron chi connectivity index (χ4n) is 3.75. The third-order valence-electron chi connectivity index (χ3n) is 6.29. The van der Waals surface area contributed by atoms with Crippen LogP contribution in [0, 0.1) is 40.5 Å². The van der Waals surface area contributed by atoms with E-state index in [2.05, 4.69) is 0 Å². The van der Waals surface area contributed by atoms with Crippen LogP contribution in [0.4, 0.5) is 22.7 Å². The van der Waals surface area contributed by atoms with Crippen molar-refractivity contribution in [3.8, 4) is 0 Å². The molecule has 0 aromatic heterocycles. The monoisotopic (exact) mass is 706 g/mol. The minimum absolute atomic E-state index is 0.345. The smallest absolute Gasteiger partial charge is 0.371 e. The Hall–Kier alpha value is -7.68. The molecule has 4 aromatic rings. The third kappa shape index (κ3) is 9.68. The standard InChI is InChI=1S/C30H18N4O17/c35-25(17-1-9-21(10-2-17)31(39)40)47-29(48-26(36)18-3-11-22(12-4-18)32(41)42)51-30(49-27(37)19-5-13-23(14-6-19)33(43)44)50-28(38)20-7-15-24(16-8-20)34(45)46/h1-16,29-30H. The molecule has 0 atom stereocenters. The van der Waals surface area contributed by atoms with Gasteiger partial charge in [-0.3, -0.25) is 40.5 Å². The van der Waals surface area contributed by atoms with Crippen LogP contribution in [0.25, 0.3) is 0 Å². The van der Waals surface area contributed by atoms with E-state index in [9.17, 15) is 59.6 Å². The van der Waals surface area contributed by atoms with Crippen LogP contribution in [0.3, 0.4) is 0 Å². The maximum atomic E-state index is 13.0. The molecular formula is C30H18N4O17. The Morgan fingerprint density at radius 3 is 0.706 bits per heavy atom. The van der Waals surface area contributed by atoms with E-state index in [4.69, 9.17) is 23.7 Å². The first-order valence-corrected chi connectivity index (χ1v) is 13.7. The number of rotatable bonds is 14. The molecule has 0 unspecified atom stereocenters. The zero-order chi connectivity index (χ0) is 37.2. The van der Waals surface area contributed by atoms with E-state index in [1.54, 1.807) is 0 Å². The van der Waals surface area contributed by atoms with Gasteiger partial charge in [0.1, 0.15) is 0 Å². The van der Waals surface area contributed by atoms with Gasteiger partial charge >= 0.3 is 36.8 Å². The van der Waals surface area contributed by atoms with Crippen LogP contribution >= 0.6 is 0 Å². The molecule has 21 heteroatoms. The summed E-state index contributed by atoms with van der Waals surface area (Å²) in [5.41, 5.74) is -2.99. The number of carbonyl (C=O) groups excluding carboxylic acids is 4. The van der Waals surface area contributed by atoms with E-state index < -0.39 is 79.3 Å². The van der Waals surface area contributed by atoms with Crippen molar-refractivity contribution >= 4 is 46.6 Å². The van der Waals surface area contributed by atoms with Gasteiger partial charge in [-0.15, -0.1) is 0 Å². The summed E-state index contributed by atoms with van der Waals surface area (Å²) in [6.45, 7) is -5.09. The van der Waals surface area contributed by atoms with Gasteiger partial charge in [0, 0.05) is 48.5 Å². The summed E-state index contributed by atoms with van der Waals surface area (Å²) >= 11 is 0. The maximum Gasteiger partial charge on any atom is 0.371 e. The third-order valence-corrected chi connectivity index (χ3v) is 6.29. The molecule has 0 spiro atoms. The zero-order valence-electron chi connectivity index (χ0n) is 25.1. The van der Waals surface area contributed by atoms with Crippen LogP contribution in [0.2, 0.25) is 0 Å². The highest BCUT2D eigenvalue weighted by Crippen LogP contribution is 2.21. The van der Waals surface area contributed by atoms with Crippen molar-refractivity contribution < 1.29 is 62.6 Å². The van der Waals surface area contributed by atoms with E-state index >= 15 is 0 Å². The Morgan fingerprint density at radius 1 is 0.373 bits per heavy atom. The van der Waals surface area contributed by atoms with E-state index in [1.165, 1.54) is 0 Å². The fourth-order valence-corrected chi connectivity index (χ4v) is 3.75. The van der Waals surface area contributed by atoms with Gasteiger partial charge in [-0.05, 0) is 48.5 Å². The van der Waals surface area contributed by atoms with Gasteiger partial charge in [-0.2, -0.15) is 0 Å². The average molecular weight is 706 g/mol. The Morgan fingerprint density at radius 2 is 0.549 bits per heavy atom. The molecule has 51 heavy (non-hydrogen) atoms. The Bertz CT molecular complexity index is 1710. The number of nitro benzene ring substituents is 4. The van der Waals surface area contributed by atoms with E-state index in [0.29, 0.717) is 0 Å². The van der Waals surface area contributed by atoms with Gasteiger partial charge in [-0.1, -0.05) is 0 Å². The van der Waals surface area contributed by atoms with Crippen molar-refractivity contribution in [3.63, 3.8) is 0 Å². The predicted octanol–water partition coefficient (Wildman–Crippen LogP) is 4.63. The van der Waals surface area contributed by atoms with Crippen LogP contribution in [-0.4, -0.2) is 56.5 Å². The molecule has 260 valence electrons. The minimum atomic E-state index is -2.55. The number of nitro groups is 4. The lowest BCUT2D eigenvalue weighted by Gasteiger charge is -2.23. The second kappa shape index (κ2) is 15.9. The zero-order valence-corrected chi connectivity index (χ0v) is 25.1. The normalized spacial score (nSPS) is 10.5. The number of carbonyl (C=O) groups is 4. The number of hydrogen-bond acceptors (Lipinski definition) is 17. The molecule has 0 N–H and O–H groups in total. The molecule has 0 aliphatic carbocycles. The molecule has 21 nitrogen and oxygen atoms in total.